The minimum absolute atomic E-state index is 0.0903. The van der Waals surface area contributed by atoms with Gasteiger partial charge in [-0.3, -0.25) is 9.36 Å². The molecule has 0 radical (unpaired) electrons. The topological polar surface area (TPSA) is 72.7 Å². The third kappa shape index (κ3) is 7.00. The fourth-order valence-corrected chi connectivity index (χ4v) is 5.09. The van der Waals surface area contributed by atoms with E-state index < -0.39 is 0 Å². The SMILES string of the molecule is O=C(Cc1ccc(-n2cnnc2)cc1)N(Cc1ccc(F)cc1)C1CCN(CCC2COCCO2)CC1. The molecule has 0 bridgehead atoms. The second-order valence-electron chi connectivity index (χ2n) is 9.79. The summed E-state index contributed by atoms with van der Waals surface area (Å²) in [5, 5.41) is 7.69. The van der Waals surface area contributed by atoms with Crippen LogP contribution in [0.2, 0.25) is 0 Å². The molecule has 2 fully saturated rings. The number of rotatable bonds is 9. The molecule has 9 heteroatoms. The van der Waals surface area contributed by atoms with Crippen LogP contribution < -0.4 is 0 Å². The van der Waals surface area contributed by atoms with E-state index in [9.17, 15) is 9.18 Å². The van der Waals surface area contributed by atoms with Gasteiger partial charge >= 0.3 is 0 Å². The van der Waals surface area contributed by atoms with Gasteiger partial charge in [0.25, 0.3) is 0 Å². The van der Waals surface area contributed by atoms with E-state index in [-0.39, 0.29) is 23.9 Å². The molecule has 2 aliphatic rings. The summed E-state index contributed by atoms with van der Waals surface area (Å²) in [6.07, 6.45) is 6.60. The van der Waals surface area contributed by atoms with Crippen molar-refractivity contribution in [3.05, 3.63) is 78.1 Å². The number of hydrogen-bond acceptors (Lipinski definition) is 6. The number of amides is 1. The molecule has 5 rings (SSSR count). The molecule has 1 aromatic heterocycles. The number of likely N-dealkylation sites (tertiary alicyclic amines) is 1. The van der Waals surface area contributed by atoms with Crippen LogP contribution >= 0.6 is 0 Å². The largest absolute Gasteiger partial charge is 0.376 e. The zero-order valence-corrected chi connectivity index (χ0v) is 21.0. The van der Waals surface area contributed by atoms with Gasteiger partial charge in [0.05, 0.1) is 32.3 Å². The molecular formula is C28H34FN5O3. The lowest BCUT2D eigenvalue weighted by Crippen LogP contribution is -2.48. The van der Waals surface area contributed by atoms with Gasteiger partial charge in [-0.2, -0.15) is 0 Å². The molecule has 2 aromatic carbocycles. The van der Waals surface area contributed by atoms with Crippen molar-refractivity contribution in [1.29, 1.82) is 0 Å². The number of benzene rings is 2. The zero-order chi connectivity index (χ0) is 25.5. The summed E-state index contributed by atoms with van der Waals surface area (Å²) < 4.78 is 26.6. The minimum atomic E-state index is -0.268. The Morgan fingerprint density at radius 1 is 0.973 bits per heavy atom. The molecule has 3 heterocycles. The second-order valence-corrected chi connectivity index (χ2v) is 9.79. The highest BCUT2D eigenvalue weighted by Gasteiger charge is 2.28. The Kier molecular flexibility index (Phi) is 8.55. The third-order valence-electron chi connectivity index (χ3n) is 7.25. The van der Waals surface area contributed by atoms with E-state index in [2.05, 4.69) is 15.1 Å². The van der Waals surface area contributed by atoms with Crippen molar-refractivity contribution < 1.29 is 18.7 Å². The van der Waals surface area contributed by atoms with Crippen molar-refractivity contribution in [2.45, 2.75) is 44.4 Å². The molecule has 0 spiro atoms. The second kappa shape index (κ2) is 12.4. The lowest BCUT2D eigenvalue weighted by atomic mass is 10.00. The van der Waals surface area contributed by atoms with Crippen LogP contribution in [0, 0.1) is 5.82 Å². The van der Waals surface area contributed by atoms with Gasteiger partial charge in [-0.15, -0.1) is 10.2 Å². The first-order chi connectivity index (χ1) is 18.1. The van der Waals surface area contributed by atoms with Crippen molar-refractivity contribution in [3.8, 4) is 5.69 Å². The van der Waals surface area contributed by atoms with Crippen LogP contribution in [0.5, 0.6) is 0 Å². The summed E-state index contributed by atoms with van der Waals surface area (Å²) in [6.45, 7) is 5.39. The fourth-order valence-electron chi connectivity index (χ4n) is 5.09. The smallest absolute Gasteiger partial charge is 0.227 e. The van der Waals surface area contributed by atoms with Crippen molar-refractivity contribution in [2.24, 2.45) is 0 Å². The molecule has 8 nitrogen and oxygen atoms in total. The van der Waals surface area contributed by atoms with Crippen LogP contribution in [0.1, 0.15) is 30.4 Å². The lowest BCUT2D eigenvalue weighted by molar-refractivity contribution is -0.134. The molecule has 2 saturated heterocycles. The van der Waals surface area contributed by atoms with Gasteiger partial charge in [0.15, 0.2) is 0 Å². The van der Waals surface area contributed by atoms with Crippen LogP contribution in [0.15, 0.2) is 61.2 Å². The molecule has 0 aliphatic carbocycles. The van der Waals surface area contributed by atoms with Crippen molar-refractivity contribution in [3.63, 3.8) is 0 Å². The zero-order valence-electron chi connectivity index (χ0n) is 21.0. The maximum absolute atomic E-state index is 13.6. The van der Waals surface area contributed by atoms with Gasteiger partial charge in [-0.25, -0.2) is 4.39 Å². The maximum atomic E-state index is 13.6. The molecule has 1 atom stereocenters. The molecule has 0 N–H and O–H groups in total. The van der Waals surface area contributed by atoms with Crippen molar-refractivity contribution >= 4 is 5.91 Å². The van der Waals surface area contributed by atoms with Crippen LogP contribution in [0.4, 0.5) is 4.39 Å². The summed E-state index contributed by atoms with van der Waals surface area (Å²) in [5.41, 5.74) is 2.84. The van der Waals surface area contributed by atoms with E-state index in [4.69, 9.17) is 9.47 Å². The number of piperidine rings is 1. The lowest BCUT2D eigenvalue weighted by Gasteiger charge is -2.39. The quantitative estimate of drug-likeness (QED) is 0.443. The highest BCUT2D eigenvalue weighted by atomic mass is 19.1. The van der Waals surface area contributed by atoms with Gasteiger partial charge < -0.3 is 19.3 Å². The Balaban J connectivity index is 1.21. The Morgan fingerprint density at radius 3 is 2.35 bits per heavy atom. The first kappa shape index (κ1) is 25.5. The van der Waals surface area contributed by atoms with E-state index >= 15 is 0 Å². The average molecular weight is 508 g/mol. The van der Waals surface area contributed by atoms with E-state index in [1.165, 1.54) is 12.1 Å². The number of nitrogens with zero attached hydrogens (tertiary/aromatic N) is 5. The average Bonchev–Trinajstić information content (AvgIpc) is 3.48. The first-order valence-corrected chi connectivity index (χ1v) is 13.0. The maximum Gasteiger partial charge on any atom is 0.227 e. The van der Waals surface area contributed by atoms with Gasteiger partial charge in [0.1, 0.15) is 18.5 Å². The van der Waals surface area contributed by atoms with E-state index in [0.29, 0.717) is 32.8 Å². The summed E-state index contributed by atoms with van der Waals surface area (Å²) in [4.78, 5) is 18.0. The van der Waals surface area contributed by atoms with Gasteiger partial charge in [-0.1, -0.05) is 24.3 Å². The standard InChI is InChI=1S/C28H34FN5O3/c29-24-5-1-23(2-6-24)18-34(26-9-12-32(13-10-26)14-11-27-19-36-15-16-37-27)28(35)17-22-3-7-25(8-4-22)33-20-30-31-21-33/h1-8,20-21,26-27H,9-19H2. The van der Waals surface area contributed by atoms with Crippen molar-refractivity contribution in [1.82, 2.24) is 24.6 Å². The molecule has 2 aliphatic heterocycles. The Hall–Kier alpha value is -3.14. The van der Waals surface area contributed by atoms with Crippen LogP contribution in [0.25, 0.3) is 5.69 Å². The van der Waals surface area contributed by atoms with Gasteiger partial charge in [-0.05, 0) is 54.7 Å². The molecule has 37 heavy (non-hydrogen) atoms. The fraction of sp³-hybridized carbons (Fsp3) is 0.464. The van der Waals surface area contributed by atoms with Crippen LogP contribution in [0.3, 0.4) is 0 Å². The number of hydrogen-bond donors (Lipinski definition) is 0. The Morgan fingerprint density at radius 2 is 1.68 bits per heavy atom. The Labute approximate surface area is 217 Å². The molecular weight excluding hydrogens is 473 g/mol. The Bertz CT molecular complexity index is 1110. The van der Waals surface area contributed by atoms with Crippen LogP contribution in [-0.4, -0.2) is 82.1 Å². The predicted octanol–water partition coefficient (Wildman–Crippen LogP) is 3.25. The number of carbonyl (C=O) groups excluding carboxylic acids is 1. The highest BCUT2D eigenvalue weighted by Crippen LogP contribution is 2.22. The third-order valence-corrected chi connectivity index (χ3v) is 7.25. The van der Waals surface area contributed by atoms with Crippen molar-refractivity contribution in [2.75, 3.05) is 39.5 Å². The highest BCUT2D eigenvalue weighted by molar-refractivity contribution is 5.79. The predicted molar refractivity (Wildman–Crippen MR) is 137 cm³/mol. The summed E-state index contributed by atoms with van der Waals surface area (Å²) in [5.74, 6) is -0.178. The molecule has 0 saturated carbocycles. The van der Waals surface area contributed by atoms with Crippen LogP contribution in [-0.2, 0) is 27.2 Å². The van der Waals surface area contributed by atoms with E-state index in [1.54, 1.807) is 24.8 Å². The molecule has 196 valence electrons. The monoisotopic (exact) mass is 507 g/mol. The molecule has 1 amide bonds. The number of carbonyl (C=O) groups is 1. The number of aromatic nitrogens is 3. The van der Waals surface area contributed by atoms with Gasteiger partial charge in [0.2, 0.25) is 5.91 Å². The molecule has 1 unspecified atom stereocenters. The van der Waals surface area contributed by atoms with E-state index in [0.717, 1.165) is 55.7 Å². The summed E-state index contributed by atoms with van der Waals surface area (Å²) in [6, 6.07) is 14.5. The number of ether oxygens (including phenoxy) is 2. The molecule has 3 aromatic rings. The van der Waals surface area contributed by atoms with E-state index in [1.807, 2.05) is 33.7 Å². The first-order valence-electron chi connectivity index (χ1n) is 13.0. The van der Waals surface area contributed by atoms with Gasteiger partial charge in [0, 0.05) is 37.9 Å². The summed E-state index contributed by atoms with van der Waals surface area (Å²) in [7, 11) is 0. The number of halogens is 1. The minimum Gasteiger partial charge on any atom is -0.376 e. The summed E-state index contributed by atoms with van der Waals surface area (Å²) >= 11 is 0. The normalized spacial score (nSPS) is 19.1.